The van der Waals surface area contributed by atoms with Gasteiger partial charge in [0.25, 0.3) is 0 Å². The molecular formula is C48H32N4S. The van der Waals surface area contributed by atoms with Gasteiger partial charge in [-0.2, -0.15) is 0 Å². The highest BCUT2D eigenvalue weighted by atomic mass is 32.1. The minimum Gasteiger partial charge on any atom is -0.309 e. The van der Waals surface area contributed by atoms with Crippen LogP contribution in [0.2, 0.25) is 0 Å². The first-order valence-electron chi connectivity index (χ1n) is 18.0. The number of thiophene rings is 1. The number of hydrogen-bond donors (Lipinski definition) is 0. The van der Waals surface area contributed by atoms with Crippen molar-refractivity contribution in [3.63, 3.8) is 0 Å². The van der Waals surface area contributed by atoms with Gasteiger partial charge in [0.1, 0.15) is 0 Å². The first-order chi connectivity index (χ1) is 26.0. The van der Waals surface area contributed by atoms with Crippen LogP contribution in [0.4, 0.5) is 0 Å². The molecule has 3 aromatic heterocycles. The van der Waals surface area contributed by atoms with Crippen LogP contribution in [0.5, 0.6) is 0 Å². The molecule has 0 saturated heterocycles. The van der Waals surface area contributed by atoms with E-state index in [0.29, 0.717) is 17.5 Å². The maximum absolute atomic E-state index is 5.04. The van der Waals surface area contributed by atoms with Crippen molar-refractivity contribution in [1.29, 1.82) is 0 Å². The SMILES string of the molecule is CC1(C)c2ccccc2-c2c1ccc1c2sc2c1ccc1c2c2ccccc2n1-c1cccc(-c2nc(-c3ccccc3)nc(-c3ccccc3)n2)c1. The lowest BCUT2D eigenvalue weighted by molar-refractivity contribution is 0.661. The zero-order valence-electron chi connectivity index (χ0n) is 29.2. The standard InChI is InChI=1S/C48H32N4S/c1-48(2)37-22-11-9-20-35(37)41-38(48)26-24-33-34-25-27-40-42(44(34)53-43(33)41)36-21-10-12-23-39(36)52(40)32-19-13-18-31(28-32)47-50-45(29-14-5-3-6-15-29)49-46(51-47)30-16-7-4-8-17-30/h3-28H,1-2H3. The van der Waals surface area contributed by atoms with Crippen LogP contribution in [-0.2, 0) is 5.41 Å². The Kier molecular flexibility index (Phi) is 6.43. The molecule has 1 aliphatic rings. The van der Waals surface area contributed by atoms with Crippen LogP contribution in [-0.4, -0.2) is 19.5 Å². The largest absolute Gasteiger partial charge is 0.309 e. The van der Waals surface area contributed by atoms with Crippen molar-refractivity contribution in [2.45, 2.75) is 19.3 Å². The summed E-state index contributed by atoms with van der Waals surface area (Å²) in [5, 5.41) is 5.18. The summed E-state index contributed by atoms with van der Waals surface area (Å²) in [7, 11) is 0. The summed E-state index contributed by atoms with van der Waals surface area (Å²) in [6.07, 6.45) is 0. The van der Waals surface area contributed by atoms with Crippen molar-refractivity contribution in [2.75, 3.05) is 0 Å². The van der Waals surface area contributed by atoms with Gasteiger partial charge in [-0.25, -0.2) is 15.0 Å². The van der Waals surface area contributed by atoms with Gasteiger partial charge in [-0.1, -0.05) is 147 Å². The van der Waals surface area contributed by atoms with E-state index in [9.17, 15) is 0 Å². The number of aromatic nitrogens is 4. The van der Waals surface area contributed by atoms with Gasteiger partial charge in [0.05, 0.1) is 11.0 Å². The zero-order chi connectivity index (χ0) is 35.3. The second kappa shape index (κ2) is 11.3. The molecule has 7 aromatic carbocycles. The minimum absolute atomic E-state index is 0.0328. The summed E-state index contributed by atoms with van der Waals surface area (Å²) >= 11 is 1.94. The van der Waals surface area contributed by atoms with Crippen LogP contribution in [0.25, 0.3) is 93.0 Å². The predicted molar refractivity (Wildman–Crippen MR) is 221 cm³/mol. The molecule has 0 saturated carbocycles. The second-order valence-electron chi connectivity index (χ2n) is 14.4. The summed E-state index contributed by atoms with van der Waals surface area (Å²) in [6.45, 7) is 4.72. The monoisotopic (exact) mass is 696 g/mol. The number of hydrogen-bond acceptors (Lipinski definition) is 4. The summed E-state index contributed by atoms with van der Waals surface area (Å²) in [5.74, 6) is 1.95. The van der Waals surface area contributed by atoms with Gasteiger partial charge < -0.3 is 4.57 Å². The van der Waals surface area contributed by atoms with Crippen LogP contribution in [0.15, 0.2) is 158 Å². The zero-order valence-corrected chi connectivity index (χ0v) is 30.0. The van der Waals surface area contributed by atoms with E-state index in [1.165, 1.54) is 64.2 Å². The van der Waals surface area contributed by atoms with Crippen LogP contribution in [0.1, 0.15) is 25.0 Å². The Morgan fingerprint density at radius 1 is 0.472 bits per heavy atom. The normalized spacial score (nSPS) is 13.2. The molecule has 0 fully saturated rings. The smallest absolute Gasteiger partial charge is 0.164 e. The average molecular weight is 697 g/mol. The fraction of sp³-hybridized carbons (Fsp3) is 0.0625. The Labute approximate surface area is 310 Å². The second-order valence-corrected chi connectivity index (χ2v) is 15.4. The highest BCUT2D eigenvalue weighted by Gasteiger charge is 2.37. The third-order valence-electron chi connectivity index (χ3n) is 11.0. The Bertz CT molecular complexity index is 3020. The van der Waals surface area contributed by atoms with Crippen molar-refractivity contribution in [3.05, 3.63) is 169 Å². The van der Waals surface area contributed by atoms with E-state index in [4.69, 9.17) is 15.0 Å². The van der Waals surface area contributed by atoms with Crippen LogP contribution < -0.4 is 0 Å². The number of para-hydroxylation sites is 1. The van der Waals surface area contributed by atoms with E-state index in [0.717, 1.165) is 22.4 Å². The molecule has 3 heterocycles. The Morgan fingerprint density at radius 2 is 1.08 bits per heavy atom. The fourth-order valence-electron chi connectivity index (χ4n) is 8.53. The Morgan fingerprint density at radius 3 is 1.83 bits per heavy atom. The number of benzene rings is 7. The first kappa shape index (κ1) is 30.2. The molecule has 0 unspecified atom stereocenters. The lowest BCUT2D eigenvalue weighted by Crippen LogP contribution is -2.14. The van der Waals surface area contributed by atoms with Gasteiger partial charge in [0.2, 0.25) is 0 Å². The van der Waals surface area contributed by atoms with E-state index in [1.807, 2.05) is 72.0 Å². The highest BCUT2D eigenvalue weighted by molar-refractivity contribution is 7.27. The summed E-state index contributed by atoms with van der Waals surface area (Å²) < 4.78 is 5.11. The molecule has 1 aliphatic carbocycles. The molecule has 5 heteroatoms. The summed E-state index contributed by atoms with van der Waals surface area (Å²) in [5.41, 5.74) is 11.8. The topological polar surface area (TPSA) is 43.6 Å². The quantitative estimate of drug-likeness (QED) is 0.184. The van der Waals surface area contributed by atoms with Gasteiger partial charge in [-0.15, -0.1) is 11.3 Å². The minimum atomic E-state index is -0.0328. The van der Waals surface area contributed by atoms with Crippen molar-refractivity contribution in [3.8, 4) is 51.0 Å². The first-order valence-corrected chi connectivity index (χ1v) is 18.9. The molecule has 0 amide bonds. The molecule has 0 aliphatic heterocycles. The molecule has 4 nitrogen and oxygen atoms in total. The maximum Gasteiger partial charge on any atom is 0.164 e. The highest BCUT2D eigenvalue weighted by Crippen LogP contribution is 2.54. The lowest BCUT2D eigenvalue weighted by atomic mass is 9.82. The van der Waals surface area contributed by atoms with Crippen LogP contribution >= 0.6 is 11.3 Å². The van der Waals surface area contributed by atoms with Gasteiger partial charge in [-0.3, -0.25) is 0 Å². The number of nitrogens with zero attached hydrogens (tertiary/aromatic N) is 4. The molecule has 0 N–H and O–H groups in total. The summed E-state index contributed by atoms with van der Waals surface area (Å²) in [6, 6.07) is 56.0. The molecule has 0 radical (unpaired) electrons. The van der Waals surface area contributed by atoms with E-state index >= 15 is 0 Å². The van der Waals surface area contributed by atoms with E-state index in [1.54, 1.807) is 0 Å². The van der Waals surface area contributed by atoms with Gasteiger partial charge in [-0.05, 0) is 41.0 Å². The molecule has 53 heavy (non-hydrogen) atoms. The molecule has 250 valence electrons. The van der Waals surface area contributed by atoms with Crippen molar-refractivity contribution >= 4 is 53.3 Å². The van der Waals surface area contributed by atoms with Gasteiger partial charge >= 0.3 is 0 Å². The third-order valence-corrected chi connectivity index (χ3v) is 12.3. The third kappa shape index (κ3) is 4.44. The maximum atomic E-state index is 5.04. The molecule has 11 rings (SSSR count). The number of fused-ring (bicyclic) bond motifs is 11. The van der Waals surface area contributed by atoms with Gasteiger partial charge in [0.15, 0.2) is 17.5 Å². The molecule has 0 spiro atoms. The molecule has 0 bridgehead atoms. The van der Waals surface area contributed by atoms with Crippen molar-refractivity contribution in [2.24, 2.45) is 0 Å². The lowest BCUT2D eigenvalue weighted by Gasteiger charge is -2.21. The average Bonchev–Trinajstić information content (AvgIpc) is 3.84. The Hall–Kier alpha value is -6.43. The van der Waals surface area contributed by atoms with E-state index in [2.05, 4.69) is 115 Å². The van der Waals surface area contributed by atoms with Crippen molar-refractivity contribution in [1.82, 2.24) is 19.5 Å². The fourth-order valence-corrected chi connectivity index (χ4v) is 9.95. The summed E-state index contributed by atoms with van der Waals surface area (Å²) in [4.78, 5) is 15.0. The van der Waals surface area contributed by atoms with E-state index < -0.39 is 0 Å². The van der Waals surface area contributed by atoms with Crippen molar-refractivity contribution < 1.29 is 0 Å². The van der Waals surface area contributed by atoms with E-state index in [-0.39, 0.29) is 5.41 Å². The molecule has 10 aromatic rings. The predicted octanol–water partition coefficient (Wildman–Crippen LogP) is 12.6. The van der Waals surface area contributed by atoms with Crippen LogP contribution in [0, 0.1) is 0 Å². The molecular weight excluding hydrogens is 665 g/mol. The van der Waals surface area contributed by atoms with Crippen LogP contribution in [0.3, 0.4) is 0 Å². The molecule has 0 atom stereocenters. The van der Waals surface area contributed by atoms with Gasteiger partial charge in [0, 0.05) is 64.3 Å². The number of rotatable bonds is 4. The Balaban J connectivity index is 1.13.